The summed E-state index contributed by atoms with van der Waals surface area (Å²) in [6.45, 7) is 0.749. The fourth-order valence-electron chi connectivity index (χ4n) is 2.99. The van der Waals surface area contributed by atoms with Crippen LogP contribution in [-0.4, -0.2) is 66.6 Å². The van der Waals surface area contributed by atoms with Crippen molar-refractivity contribution in [1.82, 2.24) is 15.1 Å². The average Bonchev–Trinajstić information content (AvgIpc) is 2.73. The van der Waals surface area contributed by atoms with Gasteiger partial charge in [-0.15, -0.1) is 0 Å². The number of likely N-dealkylation sites (tertiary alicyclic amines) is 2. The Labute approximate surface area is 121 Å². The second-order valence-corrected chi connectivity index (χ2v) is 5.76. The van der Waals surface area contributed by atoms with Gasteiger partial charge in [-0.3, -0.25) is 14.5 Å². The third kappa shape index (κ3) is 4.09. The molecule has 2 aliphatic heterocycles. The van der Waals surface area contributed by atoms with Crippen molar-refractivity contribution < 1.29 is 22.8 Å². The standard InChI is InChI=1S/C13H20F3N3O2/c1-18-7-9(4-5-10(18)13(14,15)16)17-11(20)8-19-6-2-3-12(19)21/h9-10H,2-8H2,1H3,(H,17,20)/t9-,10+/m1/s1. The molecule has 120 valence electrons. The van der Waals surface area contributed by atoms with E-state index < -0.39 is 12.2 Å². The zero-order chi connectivity index (χ0) is 15.6. The molecule has 2 amide bonds. The van der Waals surface area contributed by atoms with E-state index in [0.29, 0.717) is 19.4 Å². The number of alkyl halides is 3. The molecule has 0 aliphatic carbocycles. The summed E-state index contributed by atoms with van der Waals surface area (Å²) in [5.74, 6) is -0.336. The molecule has 0 aromatic carbocycles. The van der Waals surface area contributed by atoms with Crippen LogP contribution in [0.2, 0.25) is 0 Å². The number of nitrogens with one attached hydrogen (secondary N) is 1. The Balaban J connectivity index is 1.79. The molecule has 0 radical (unpaired) electrons. The molecule has 2 fully saturated rings. The second-order valence-electron chi connectivity index (χ2n) is 5.76. The lowest BCUT2D eigenvalue weighted by molar-refractivity contribution is -0.188. The quantitative estimate of drug-likeness (QED) is 0.837. The number of nitrogens with zero attached hydrogens (tertiary/aromatic N) is 2. The summed E-state index contributed by atoms with van der Waals surface area (Å²) in [5.41, 5.74) is 0. The number of piperidine rings is 1. The van der Waals surface area contributed by atoms with Gasteiger partial charge in [0.15, 0.2) is 0 Å². The van der Waals surface area contributed by atoms with Crippen LogP contribution in [0.3, 0.4) is 0 Å². The maximum Gasteiger partial charge on any atom is 0.404 e. The molecule has 0 saturated carbocycles. The van der Waals surface area contributed by atoms with Crippen LogP contribution >= 0.6 is 0 Å². The number of hydrogen-bond donors (Lipinski definition) is 1. The van der Waals surface area contributed by atoms with Crippen LogP contribution in [0.4, 0.5) is 13.2 Å². The van der Waals surface area contributed by atoms with Crippen molar-refractivity contribution in [3.8, 4) is 0 Å². The van der Waals surface area contributed by atoms with E-state index >= 15 is 0 Å². The van der Waals surface area contributed by atoms with Crippen LogP contribution in [0.15, 0.2) is 0 Å². The zero-order valence-electron chi connectivity index (χ0n) is 11.9. The van der Waals surface area contributed by atoms with Crippen molar-refractivity contribution >= 4 is 11.8 Å². The number of rotatable bonds is 3. The van der Waals surface area contributed by atoms with Crippen molar-refractivity contribution in [2.75, 3.05) is 26.7 Å². The number of amides is 2. The first-order chi connectivity index (χ1) is 9.77. The third-order valence-corrected chi connectivity index (χ3v) is 4.08. The summed E-state index contributed by atoms with van der Waals surface area (Å²) in [6, 6.07) is -1.73. The fourth-order valence-corrected chi connectivity index (χ4v) is 2.99. The lowest BCUT2D eigenvalue weighted by Gasteiger charge is -2.38. The predicted molar refractivity (Wildman–Crippen MR) is 69.5 cm³/mol. The van der Waals surface area contributed by atoms with E-state index in [1.165, 1.54) is 16.8 Å². The lowest BCUT2D eigenvalue weighted by Crippen LogP contribution is -2.55. The topological polar surface area (TPSA) is 52.7 Å². The third-order valence-electron chi connectivity index (χ3n) is 4.08. The molecule has 2 aliphatic rings. The monoisotopic (exact) mass is 307 g/mol. The Morgan fingerprint density at radius 1 is 1.38 bits per heavy atom. The SMILES string of the molecule is CN1C[C@H](NC(=O)CN2CCCC2=O)CC[C@H]1C(F)(F)F. The first kappa shape index (κ1) is 16.1. The van der Waals surface area contributed by atoms with Gasteiger partial charge in [-0.2, -0.15) is 13.2 Å². The summed E-state index contributed by atoms with van der Waals surface area (Å²) in [6.07, 6.45) is -2.73. The highest BCUT2D eigenvalue weighted by Crippen LogP contribution is 2.30. The Hall–Kier alpha value is -1.31. The average molecular weight is 307 g/mol. The van der Waals surface area contributed by atoms with Gasteiger partial charge in [-0.25, -0.2) is 0 Å². The molecule has 0 spiro atoms. The molecule has 0 aromatic rings. The molecule has 2 rings (SSSR count). The Morgan fingerprint density at radius 3 is 2.62 bits per heavy atom. The number of likely N-dealkylation sites (N-methyl/N-ethyl adjacent to an activating group) is 1. The molecule has 2 saturated heterocycles. The van der Waals surface area contributed by atoms with Crippen molar-refractivity contribution in [1.29, 1.82) is 0 Å². The van der Waals surface area contributed by atoms with Gasteiger partial charge in [0.2, 0.25) is 11.8 Å². The van der Waals surface area contributed by atoms with Gasteiger partial charge < -0.3 is 10.2 Å². The molecule has 0 aromatic heterocycles. The van der Waals surface area contributed by atoms with Crippen LogP contribution in [-0.2, 0) is 9.59 Å². The predicted octanol–water partition coefficient (Wildman–Crippen LogP) is 0.750. The summed E-state index contributed by atoms with van der Waals surface area (Å²) in [5, 5.41) is 2.73. The Bertz CT molecular complexity index is 414. The van der Waals surface area contributed by atoms with Crippen LogP contribution in [0.1, 0.15) is 25.7 Å². The zero-order valence-corrected chi connectivity index (χ0v) is 11.9. The molecule has 21 heavy (non-hydrogen) atoms. The molecule has 0 bridgehead atoms. The van der Waals surface area contributed by atoms with Gasteiger partial charge in [0.1, 0.15) is 6.04 Å². The number of carbonyl (C=O) groups is 2. The van der Waals surface area contributed by atoms with Gasteiger partial charge >= 0.3 is 6.18 Å². The minimum Gasteiger partial charge on any atom is -0.351 e. The molecule has 8 heteroatoms. The van der Waals surface area contributed by atoms with E-state index in [1.54, 1.807) is 0 Å². The molecule has 5 nitrogen and oxygen atoms in total. The number of hydrogen-bond acceptors (Lipinski definition) is 3. The van der Waals surface area contributed by atoms with E-state index in [1.807, 2.05) is 0 Å². The summed E-state index contributed by atoms with van der Waals surface area (Å²) < 4.78 is 38.2. The van der Waals surface area contributed by atoms with E-state index in [4.69, 9.17) is 0 Å². The maximum absolute atomic E-state index is 12.7. The summed E-state index contributed by atoms with van der Waals surface area (Å²) >= 11 is 0. The van der Waals surface area contributed by atoms with Crippen LogP contribution in [0, 0.1) is 0 Å². The molecular formula is C13H20F3N3O2. The summed E-state index contributed by atoms with van der Waals surface area (Å²) in [4.78, 5) is 26.0. The van der Waals surface area contributed by atoms with Gasteiger partial charge in [-0.05, 0) is 26.3 Å². The largest absolute Gasteiger partial charge is 0.404 e. The number of carbonyl (C=O) groups excluding carboxylic acids is 2. The molecule has 2 heterocycles. The molecule has 2 atom stereocenters. The molecule has 1 N–H and O–H groups in total. The van der Waals surface area contributed by atoms with E-state index in [2.05, 4.69) is 5.32 Å². The first-order valence-corrected chi connectivity index (χ1v) is 7.11. The van der Waals surface area contributed by atoms with E-state index in [0.717, 1.165) is 6.42 Å². The lowest BCUT2D eigenvalue weighted by atomic mass is 9.98. The van der Waals surface area contributed by atoms with Crippen LogP contribution < -0.4 is 5.32 Å². The van der Waals surface area contributed by atoms with Gasteiger partial charge in [0.05, 0.1) is 6.54 Å². The highest BCUT2D eigenvalue weighted by molar-refractivity contribution is 5.85. The Kier molecular flexibility index (Phi) is 4.75. The minimum atomic E-state index is -4.23. The van der Waals surface area contributed by atoms with E-state index in [-0.39, 0.29) is 37.4 Å². The van der Waals surface area contributed by atoms with Crippen molar-refractivity contribution in [2.45, 2.75) is 43.9 Å². The second kappa shape index (κ2) is 6.21. The highest BCUT2D eigenvalue weighted by Gasteiger charge is 2.44. The normalized spacial score (nSPS) is 28.0. The van der Waals surface area contributed by atoms with Crippen LogP contribution in [0.5, 0.6) is 0 Å². The number of halogens is 3. The van der Waals surface area contributed by atoms with E-state index in [9.17, 15) is 22.8 Å². The Morgan fingerprint density at radius 2 is 2.10 bits per heavy atom. The van der Waals surface area contributed by atoms with Crippen molar-refractivity contribution in [3.05, 3.63) is 0 Å². The van der Waals surface area contributed by atoms with Gasteiger partial charge in [0.25, 0.3) is 0 Å². The fraction of sp³-hybridized carbons (Fsp3) is 0.846. The summed E-state index contributed by atoms with van der Waals surface area (Å²) in [7, 11) is 1.42. The smallest absolute Gasteiger partial charge is 0.351 e. The highest BCUT2D eigenvalue weighted by atomic mass is 19.4. The van der Waals surface area contributed by atoms with Crippen molar-refractivity contribution in [3.63, 3.8) is 0 Å². The van der Waals surface area contributed by atoms with Crippen molar-refractivity contribution in [2.24, 2.45) is 0 Å². The van der Waals surface area contributed by atoms with Crippen LogP contribution in [0.25, 0.3) is 0 Å². The molecular weight excluding hydrogens is 287 g/mol. The van der Waals surface area contributed by atoms with Gasteiger partial charge in [-0.1, -0.05) is 0 Å². The van der Waals surface area contributed by atoms with Gasteiger partial charge in [0, 0.05) is 25.6 Å². The first-order valence-electron chi connectivity index (χ1n) is 7.11. The minimum absolute atomic E-state index is 0.00173. The molecule has 0 unspecified atom stereocenters. The maximum atomic E-state index is 12.7.